The van der Waals surface area contributed by atoms with Crippen LogP contribution < -0.4 is 5.32 Å². The van der Waals surface area contributed by atoms with Gasteiger partial charge in [-0.15, -0.1) is 0 Å². The summed E-state index contributed by atoms with van der Waals surface area (Å²) in [4.78, 5) is 26.6. The lowest BCUT2D eigenvalue weighted by Gasteiger charge is -2.44. The average Bonchev–Trinajstić information content (AvgIpc) is 2.98. The van der Waals surface area contributed by atoms with Crippen LogP contribution in [0.5, 0.6) is 0 Å². The van der Waals surface area contributed by atoms with Crippen molar-refractivity contribution in [3.63, 3.8) is 0 Å². The molecule has 3 unspecified atom stereocenters. The van der Waals surface area contributed by atoms with Gasteiger partial charge in [0.05, 0.1) is 12.1 Å². The lowest BCUT2D eigenvalue weighted by atomic mass is 9.72. The first-order chi connectivity index (χ1) is 12.6. The Balaban J connectivity index is 1.47. The molecule has 4 rings (SSSR count). The fourth-order valence-electron chi connectivity index (χ4n) is 5.27. The number of carbonyl (C=O) groups is 2. The van der Waals surface area contributed by atoms with Crippen molar-refractivity contribution in [1.29, 1.82) is 0 Å². The Morgan fingerprint density at radius 2 is 1.85 bits per heavy atom. The summed E-state index contributed by atoms with van der Waals surface area (Å²) in [6.45, 7) is 0.201. The number of rotatable bonds is 5. The van der Waals surface area contributed by atoms with Gasteiger partial charge in [0, 0.05) is 6.04 Å². The molecule has 5 nitrogen and oxygen atoms in total. The normalized spacial score (nSPS) is 30.2. The molecule has 1 amide bonds. The van der Waals surface area contributed by atoms with E-state index in [1.54, 1.807) is 0 Å². The molecule has 3 aliphatic rings. The molecule has 2 aliphatic carbocycles. The topological polar surface area (TPSA) is 69.6 Å². The molecule has 1 aromatic rings. The second-order valence-electron chi connectivity index (χ2n) is 8.22. The van der Waals surface area contributed by atoms with Gasteiger partial charge in [0.15, 0.2) is 0 Å². The summed E-state index contributed by atoms with van der Waals surface area (Å²) in [6.07, 6.45) is 8.16. The number of nitrogens with zero attached hydrogens (tertiary/aromatic N) is 1. The minimum Gasteiger partial charge on any atom is -0.480 e. The number of likely N-dealkylation sites (tertiary alicyclic amines) is 1. The summed E-state index contributed by atoms with van der Waals surface area (Å²) in [5, 5.41) is 12.9. The second-order valence-corrected chi connectivity index (χ2v) is 8.22. The molecule has 1 saturated heterocycles. The Kier molecular flexibility index (Phi) is 4.74. The van der Waals surface area contributed by atoms with Crippen molar-refractivity contribution in [2.45, 2.75) is 69.0 Å². The molecule has 5 heteroatoms. The summed E-state index contributed by atoms with van der Waals surface area (Å²) < 4.78 is 0. The van der Waals surface area contributed by atoms with Crippen LogP contribution in [0.15, 0.2) is 30.3 Å². The Morgan fingerprint density at radius 1 is 1.12 bits per heavy atom. The number of nitrogens with one attached hydrogen (secondary N) is 1. The highest BCUT2D eigenvalue weighted by atomic mass is 16.4. The first kappa shape index (κ1) is 17.5. The quantitative estimate of drug-likeness (QED) is 0.851. The number of benzene rings is 1. The van der Waals surface area contributed by atoms with Gasteiger partial charge in [0.25, 0.3) is 0 Å². The summed E-state index contributed by atoms with van der Waals surface area (Å²) in [5.74, 6) is -0.385. The minimum atomic E-state index is -0.784. The van der Waals surface area contributed by atoms with Crippen LogP contribution in [-0.4, -0.2) is 40.5 Å². The van der Waals surface area contributed by atoms with Gasteiger partial charge in [0.1, 0.15) is 6.04 Å². The minimum absolute atomic E-state index is 0.0361. The Hall–Kier alpha value is -1.88. The van der Waals surface area contributed by atoms with Gasteiger partial charge >= 0.3 is 5.97 Å². The fourth-order valence-corrected chi connectivity index (χ4v) is 5.27. The summed E-state index contributed by atoms with van der Waals surface area (Å²) in [5.41, 5.74) is 0.898. The van der Waals surface area contributed by atoms with E-state index in [1.807, 2.05) is 23.1 Å². The van der Waals surface area contributed by atoms with Crippen molar-refractivity contribution in [3.8, 4) is 0 Å². The zero-order valence-corrected chi connectivity index (χ0v) is 15.2. The molecule has 2 saturated carbocycles. The Labute approximate surface area is 154 Å². The van der Waals surface area contributed by atoms with Crippen molar-refractivity contribution in [2.75, 3.05) is 6.54 Å². The monoisotopic (exact) mass is 356 g/mol. The van der Waals surface area contributed by atoms with Gasteiger partial charge in [0.2, 0.25) is 5.91 Å². The third-order valence-electron chi connectivity index (χ3n) is 6.74. The van der Waals surface area contributed by atoms with Crippen molar-refractivity contribution < 1.29 is 14.7 Å². The third-order valence-corrected chi connectivity index (χ3v) is 6.74. The first-order valence-corrected chi connectivity index (χ1v) is 9.94. The molecule has 1 heterocycles. The van der Waals surface area contributed by atoms with Crippen LogP contribution in [-0.2, 0) is 15.1 Å². The molecule has 140 valence electrons. The van der Waals surface area contributed by atoms with E-state index in [0.29, 0.717) is 12.3 Å². The molecular weight excluding hydrogens is 328 g/mol. The zero-order valence-electron chi connectivity index (χ0n) is 15.2. The number of aliphatic carboxylic acids is 1. The summed E-state index contributed by atoms with van der Waals surface area (Å²) in [7, 11) is 0. The van der Waals surface area contributed by atoms with Crippen molar-refractivity contribution in [3.05, 3.63) is 35.9 Å². The Bertz CT molecular complexity index is 671. The number of hydrogen-bond acceptors (Lipinski definition) is 3. The van der Waals surface area contributed by atoms with Crippen LogP contribution in [0.2, 0.25) is 0 Å². The maximum absolute atomic E-state index is 12.9. The molecular formula is C21H28N2O3. The summed E-state index contributed by atoms with van der Waals surface area (Å²) >= 11 is 0. The van der Waals surface area contributed by atoms with Gasteiger partial charge in [-0.05, 0) is 50.0 Å². The van der Waals surface area contributed by atoms with E-state index >= 15 is 0 Å². The van der Waals surface area contributed by atoms with E-state index in [-0.39, 0.29) is 24.0 Å². The highest BCUT2D eigenvalue weighted by Crippen LogP contribution is 2.42. The average molecular weight is 356 g/mol. The number of fused-ring (bicyclic) bond motifs is 1. The van der Waals surface area contributed by atoms with Gasteiger partial charge in [-0.25, -0.2) is 0 Å². The molecule has 0 aromatic heterocycles. The van der Waals surface area contributed by atoms with E-state index in [2.05, 4.69) is 17.4 Å². The van der Waals surface area contributed by atoms with Gasteiger partial charge < -0.3 is 10.4 Å². The van der Waals surface area contributed by atoms with Crippen molar-refractivity contribution >= 4 is 11.9 Å². The smallest absolute Gasteiger partial charge is 0.320 e. The largest absolute Gasteiger partial charge is 0.480 e. The van der Waals surface area contributed by atoms with E-state index in [9.17, 15) is 14.7 Å². The third kappa shape index (κ3) is 3.13. The lowest BCUT2D eigenvalue weighted by molar-refractivity contribution is -0.143. The molecule has 26 heavy (non-hydrogen) atoms. The van der Waals surface area contributed by atoms with Crippen molar-refractivity contribution in [2.24, 2.45) is 5.92 Å². The van der Waals surface area contributed by atoms with Crippen LogP contribution in [0, 0.1) is 5.92 Å². The van der Waals surface area contributed by atoms with E-state index < -0.39 is 12.0 Å². The fraction of sp³-hybridized carbons (Fsp3) is 0.619. The van der Waals surface area contributed by atoms with E-state index in [4.69, 9.17) is 0 Å². The highest BCUT2D eigenvalue weighted by Gasteiger charge is 2.47. The van der Waals surface area contributed by atoms with E-state index in [1.165, 1.54) is 6.42 Å². The number of hydrogen-bond donors (Lipinski definition) is 2. The summed E-state index contributed by atoms with van der Waals surface area (Å²) in [6, 6.07) is 9.90. The van der Waals surface area contributed by atoms with Gasteiger partial charge in [-0.3, -0.25) is 14.5 Å². The van der Waals surface area contributed by atoms with Crippen molar-refractivity contribution in [1.82, 2.24) is 10.2 Å². The maximum Gasteiger partial charge on any atom is 0.320 e. The predicted octanol–water partition coefficient (Wildman–Crippen LogP) is 2.90. The number of amides is 1. The molecule has 3 fully saturated rings. The number of carboxylic acid groups (broad SMARTS) is 1. The SMILES string of the molecule is O=C(CN1C(C(=O)O)CC2CCCCC21)NC1(c2ccccc2)CCC1. The molecule has 2 N–H and O–H groups in total. The van der Waals surface area contributed by atoms with Crippen LogP contribution in [0.3, 0.4) is 0 Å². The van der Waals surface area contributed by atoms with E-state index in [0.717, 1.165) is 44.1 Å². The molecule has 1 aliphatic heterocycles. The van der Waals surface area contributed by atoms with Crippen LogP contribution in [0.1, 0.15) is 56.9 Å². The molecule has 3 atom stereocenters. The van der Waals surface area contributed by atoms with Crippen LogP contribution >= 0.6 is 0 Å². The molecule has 0 bridgehead atoms. The highest BCUT2D eigenvalue weighted by molar-refractivity contribution is 5.81. The first-order valence-electron chi connectivity index (χ1n) is 9.94. The second kappa shape index (κ2) is 7.03. The number of carboxylic acids is 1. The van der Waals surface area contributed by atoms with Gasteiger partial charge in [-0.2, -0.15) is 0 Å². The number of carbonyl (C=O) groups excluding carboxylic acids is 1. The lowest BCUT2D eigenvalue weighted by Crippen LogP contribution is -2.55. The Morgan fingerprint density at radius 3 is 2.50 bits per heavy atom. The van der Waals surface area contributed by atoms with Crippen LogP contribution in [0.25, 0.3) is 0 Å². The molecule has 0 radical (unpaired) electrons. The predicted molar refractivity (Wildman–Crippen MR) is 98.6 cm³/mol. The standard InChI is InChI=1S/C21H28N2O3/c24-19(22-21(11-6-12-21)16-8-2-1-3-9-16)14-23-17-10-5-4-7-15(17)13-18(23)20(25)26/h1-3,8-9,15,17-18H,4-7,10-14H2,(H,22,24)(H,25,26). The maximum atomic E-state index is 12.9. The molecule has 1 aromatic carbocycles. The zero-order chi connectivity index (χ0) is 18.1. The van der Waals surface area contributed by atoms with Crippen LogP contribution in [0.4, 0.5) is 0 Å². The molecule has 0 spiro atoms. The van der Waals surface area contributed by atoms with Gasteiger partial charge in [-0.1, -0.05) is 43.2 Å².